The van der Waals surface area contributed by atoms with Gasteiger partial charge in [-0.3, -0.25) is 24.0 Å². The highest BCUT2D eigenvalue weighted by atomic mass is 19.1. The van der Waals surface area contributed by atoms with Crippen molar-refractivity contribution in [3.63, 3.8) is 0 Å². The molecular weight excluding hydrogens is 633 g/mol. The molecule has 0 aliphatic carbocycles. The quantitative estimate of drug-likeness (QED) is 0.280. The first kappa shape index (κ1) is 34.9. The van der Waals surface area contributed by atoms with Gasteiger partial charge in [-0.1, -0.05) is 42.5 Å². The maximum Gasteiger partial charge on any atom is 0.255 e. The van der Waals surface area contributed by atoms with Gasteiger partial charge in [0.1, 0.15) is 42.0 Å². The number of amides is 5. The fraction of sp³-hybridized carbons (Fsp3) is 0.361. The molecule has 49 heavy (non-hydrogen) atoms. The molecule has 12 nitrogen and oxygen atoms in total. The van der Waals surface area contributed by atoms with Crippen LogP contribution in [-0.2, 0) is 25.6 Å². The van der Waals surface area contributed by atoms with Crippen molar-refractivity contribution in [1.29, 1.82) is 0 Å². The molecule has 1 fully saturated rings. The minimum atomic E-state index is -1.29. The summed E-state index contributed by atoms with van der Waals surface area (Å²) in [7, 11) is 0. The van der Waals surface area contributed by atoms with Crippen LogP contribution in [0.2, 0.25) is 0 Å². The molecule has 0 spiro atoms. The predicted octanol–water partition coefficient (Wildman–Crippen LogP) is 2.13. The highest BCUT2D eigenvalue weighted by Crippen LogP contribution is 2.22. The average molecular weight is 674 g/mol. The number of hydrogen-bond donors (Lipinski definition) is 4. The van der Waals surface area contributed by atoms with Crippen molar-refractivity contribution in [2.45, 2.75) is 50.2 Å². The lowest BCUT2D eigenvalue weighted by Gasteiger charge is -2.28. The first-order chi connectivity index (χ1) is 23.8. The summed E-state index contributed by atoms with van der Waals surface area (Å²) in [5.41, 5.74) is 1.02. The monoisotopic (exact) mass is 673 g/mol. The van der Waals surface area contributed by atoms with Gasteiger partial charge in [0.25, 0.3) is 5.91 Å². The third-order valence-electron chi connectivity index (χ3n) is 8.29. The number of rotatable bonds is 7. The Balaban J connectivity index is 1.34. The van der Waals surface area contributed by atoms with Crippen LogP contribution < -0.4 is 30.7 Å². The van der Waals surface area contributed by atoms with Gasteiger partial charge < -0.3 is 35.6 Å². The van der Waals surface area contributed by atoms with Crippen LogP contribution >= 0.6 is 0 Å². The van der Waals surface area contributed by atoms with Gasteiger partial charge in [-0.2, -0.15) is 0 Å². The van der Waals surface area contributed by atoms with E-state index in [4.69, 9.17) is 9.47 Å². The molecule has 1 saturated heterocycles. The second-order valence-electron chi connectivity index (χ2n) is 11.8. The van der Waals surface area contributed by atoms with Crippen molar-refractivity contribution in [2.24, 2.45) is 0 Å². The number of ether oxygens (including phenoxy) is 2. The predicted molar refractivity (Wildman–Crippen MR) is 177 cm³/mol. The molecule has 0 saturated carbocycles. The number of para-hydroxylation sites is 1. The van der Waals surface area contributed by atoms with Gasteiger partial charge in [0.15, 0.2) is 0 Å². The summed E-state index contributed by atoms with van der Waals surface area (Å²) in [4.78, 5) is 69.0. The number of carbonyl (C=O) groups is 5. The molecule has 13 heteroatoms. The second-order valence-corrected chi connectivity index (χ2v) is 11.8. The van der Waals surface area contributed by atoms with Crippen molar-refractivity contribution >= 4 is 29.5 Å². The van der Waals surface area contributed by atoms with Crippen LogP contribution in [0.5, 0.6) is 11.5 Å². The van der Waals surface area contributed by atoms with Gasteiger partial charge in [-0.05, 0) is 61.2 Å². The number of halogens is 1. The summed E-state index contributed by atoms with van der Waals surface area (Å²) in [6.07, 6.45) is 1.18. The zero-order valence-electron chi connectivity index (χ0n) is 27.0. The van der Waals surface area contributed by atoms with E-state index in [2.05, 4.69) is 21.3 Å². The molecule has 5 rings (SSSR count). The molecule has 4 N–H and O–H groups in total. The highest BCUT2D eigenvalue weighted by molar-refractivity contribution is 6.01. The Hall–Kier alpha value is -5.46. The van der Waals surface area contributed by atoms with E-state index in [1.807, 2.05) is 30.3 Å². The molecule has 3 aromatic rings. The van der Waals surface area contributed by atoms with Crippen molar-refractivity contribution in [3.8, 4) is 11.5 Å². The van der Waals surface area contributed by atoms with Crippen molar-refractivity contribution < 1.29 is 37.8 Å². The number of carbonyl (C=O) groups excluding carboxylic acids is 5. The maximum atomic E-state index is 13.7. The summed E-state index contributed by atoms with van der Waals surface area (Å²) >= 11 is 0. The van der Waals surface area contributed by atoms with Crippen LogP contribution in [0.3, 0.4) is 0 Å². The molecule has 0 bridgehead atoms. The number of hydrogen-bond acceptors (Lipinski definition) is 7. The Bertz CT molecular complexity index is 1620. The second kappa shape index (κ2) is 17.1. The molecule has 2 aliphatic heterocycles. The van der Waals surface area contributed by atoms with E-state index >= 15 is 0 Å². The molecule has 0 aromatic heterocycles. The van der Waals surface area contributed by atoms with E-state index < -0.39 is 54.0 Å². The number of nitrogens with zero attached hydrogens (tertiary/aromatic N) is 1. The minimum absolute atomic E-state index is 0.0378. The molecular formula is C36H40FN5O7. The Kier molecular flexibility index (Phi) is 12.2. The summed E-state index contributed by atoms with van der Waals surface area (Å²) in [6.45, 7) is 0.797. The van der Waals surface area contributed by atoms with Crippen LogP contribution in [0, 0.1) is 5.82 Å². The number of fused-ring (bicyclic) bond motifs is 2. The summed E-state index contributed by atoms with van der Waals surface area (Å²) in [5, 5.41) is 11.1. The van der Waals surface area contributed by atoms with E-state index in [9.17, 15) is 28.4 Å². The zero-order chi connectivity index (χ0) is 34.6. The van der Waals surface area contributed by atoms with Crippen LogP contribution in [0.1, 0.15) is 41.6 Å². The van der Waals surface area contributed by atoms with Gasteiger partial charge >= 0.3 is 0 Å². The molecule has 5 amide bonds. The lowest BCUT2D eigenvalue weighted by Crippen LogP contribution is -2.55. The normalized spacial score (nSPS) is 20.7. The van der Waals surface area contributed by atoms with E-state index in [-0.39, 0.29) is 56.5 Å². The third kappa shape index (κ3) is 9.78. The lowest BCUT2D eigenvalue weighted by molar-refractivity contribution is -0.140. The van der Waals surface area contributed by atoms with E-state index in [1.165, 1.54) is 29.2 Å². The summed E-state index contributed by atoms with van der Waals surface area (Å²) in [6, 6.07) is 18.2. The molecule has 3 aromatic carbocycles. The zero-order valence-corrected chi connectivity index (χ0v) is 27.0. The maximum absolute atomic E-state index is 13.7. The fourth-order valence-electron chi connectivity index (χ4n) is 5.77. The molecule has 258 valence electrons. The van der Waals surface area contributed by atoms with Gasteiger partial charge in [0.05, 0.1) is 25.1 Å². The minimum Gasteiger partial charge on any atom is -0.493 e. The standard InChI is InChI=1S/C36H40FN5O7/c37-25-13-15-26(16-14-25)48-21-18-39-35(46)29-23-32(43)42-19-6-11-30(42)36(47)41-28(22-24-8-2-1-3-9-24)34(45)38-17-7-20-49-31-12-5-4-10-27(31)33(44)40-29/h1-5,8-10,12-16,28-30H,6-7,11,17-23H2,(H,38,45)(H,39,46)(H,40,44)(H,41,47)/t28-,29-,30+/m0/s1. The Labute approximate surface area is 283 Å². The summed E-state index contributed by atoms with van der Waals surface area (Å²) in [5.74, 6) is -2.31. The Morgan fingerprint density at radius 3 is 2.47 bits per heavy atom. The first-order valence-corrected chi connectivity index (χ1v) is 16.4. The lowest BCUT2D eigenvalue weighted by atomic mass is 10.0. The summed E-state index contributed by atoms with van der Waals surface area (Å²) < 4.78 is 24.7. The molecule has 0 unspecified atom stereocenters. The van der Waals surface area contributed by atoms with Crippen molar-refractivity contribution in [1.82, 2.24) is 26.2 Å². The van der Waals surface area contributed by atoms with Crippen LogP contribution in [0.15, 0.2) is 78.9 Å². The van der Waals surface area contributed by atoms with Gasteiger partial charge in [0.2, 0.25) is 23.6 Å². The Morgan fingerprint density at radius 1 is 0.918 bits per heavy atom. The first-order valence-electron chi connectivity index (χ1n) is 16.4. The van der Waals surface area contributed by atoms with E-state index in [0.717, 1.165) is 5.56 Å². The van der Waals surface area contributed by atoms with E-state index in [0.29, 0.717) is 25.0 Å². The highest BCUT2D eigenvalue weighted by Gasteiger charge is 2.38. The van der Waals surface area contributed by atoms with Crippen LogP contribution in [0.25, 0.3) is 0 Å². The molecule has 3 atom stereocenters. The van der Waals surface area contributed by atoms with Gasteiger partial charge in [-0.25, -0.2) is 4.39 Å². The van der Waals surface area contributed by atoms with Crippen molar-refractivity contribution in [2.75, 3.05) is 32.8 Å². The largest absolute Gasteiger partial charge is 0.493 e. The smallest absolute Gasteiger partial charge is 0.255 e. The topological polar surface area (TPSA) is 155 Å². The van der Waals surface area contributed by atoms with Crippen molar-refractivity contribution in [3.05, 3.63) is 95.8 Å². The van der Waals surface area contributed by atoms with Crippen LogP contribution in [0.4, 0.5) is 4.39 Å². The fourth-order valence-corrected chi connectivity index (χ4v) is 5.77. The Morgan fingerprint density at radius 2 is 1.67 bits per heavy atom. The van der Waals surface area contributed by atoms with Gasteiger partial charge in [-0.15, -0.1) is 0 Å². The average Bonchev–Trinajstić information content (AvgIpc) is 3.61. The number of nitrogens with one attached hydrogen (secondary N) is 4. The molecule has 2 heterocycles. The van der Waals surface area contributed by atoms with E-state index in [1.54, 1.807) is 24.3 Å². The van der Waals surface area contributed by atoms with Crippen LogP contribution in [-0.4, -0.2) is 85.4 Å². The molecule has 2 aliphatic rings. The third-order valence-corrected chi connectivity index (χ3v) is 8.29. The number of benzene rings is 3. The molecule has 0 radical (unpaired) electrons. The van der Waals surface area contributed by atoms with Gasteiger partial charge in [0, 0.05) is 19.5 Å². The SMILES string of the molecule is O=C1N[C@H](C(=O)NCCOc2ccc(F)cc2)CC(=O)N2CCC[C@@H]2C(=O)N[C@@H](Cc2ccccc2)C(=O)NCCCOc2ccccc21.